The molecule has 3 aromatic rings. The Morgan fingerprint density at radius 2 is 2.07 bits per heavy atom. The van der Waals surface area contributed by atoms with Gasteiger partial charge in [0.05, 0.1) is 17.6 Å². The van der Waals surface area contributed by atoms with Crippen LogP contribution in [-0.2, 0) is 13.0 Å². The smallest absolute Gasteiger partial charge is 0.346 e. The van der Waals surface area contributed by atoms with Gasteiger partial charge in [0.15, 0.2) is 5.82 Å². The van der Waals surface area contributed by atoms with Crippen molar-refractivity contribution >= 4 is 41.2 Å². The largest absolute Gasteiger partial charge is 0.386 e. The standard InChI is InChI=1S/C14H15Cl2N3OS.C4H4FN3O/c15-11-4-2-1-3-10(11)7-14(20,13(16)5-6-13)8-19-12(21)17-9-18-19;5-2-1-7-4(9)8-3(2)6/h1-4,9,20H,5-8H2,(H,17,18,21);1H,(H3,6,7,8,9). The highest BCUT2D eigenvalue weighted by atomic mass is 35.5. The molecule has 1 fully saturated rings. The second-order valence-electron chi connectivity index (χ2n) is 6.97. The number of nitrogens with zero attached hydrogens (tertiary/aromatic N) is 3. The van der Waals surface area contributed by atoms with Gasteiger partial charge in [0.2, 0.25) is 4.77 Å². The number of nitrogens with two attached hydrogens (primary N) is 1. The van der Waals surface area contributed by atoms with Crippen LogP contribution in [-0.4, -0.2) is 40.3 Å². The Balaban J connectivity index is 0.000000239. The third kappa shape index (κ3) is 5.07. The van der Waals surface area contributed by atoms with E-state index in [4.69, 9.17) is 41.2 Å². The molecule has 0 aliphatic heterocycles. The lowest BCUT2D eigenvalue weighted by Crippen LogP contribution is -2.47. The number of anilines is 1. The average molecular weight is 473 g/mol. The fourth-order valence-electron chi connectivity index (χ4n) is 2.93. The van der Waals surface area contributed by atoms with Crippen LogP contribution in [0.2, 0.25) is 5.02 Å². The third-order valence-corrected chi connectivity index (χ3v) is 6.22. The van der Waals surface area contributed by atoms with Gasteiger partial charge in [-0.2, -0.15) is 4.98 Å². The molecule has 1 aromatic carbocycles. The SMILES string of the molecule is Nc1[nH]c(=O)ncc1F.OC(Cc1ccccc1Cl)(Cn1[nH]cnc1=S)C1(Cl)CC1. The van der Waals surface area contributed by atoms with E-state index >= 15 is 0 Å². The van der Waals surface area contributed by atoms with Crippen molar-refractivity contribution in [2.75, 3.05) is 5.73 Å². The molecule has 160 valence electrons. The molecule has 1 saturated carbocycles. The number of H-pyrrole nitrogens is 2. The maximum Gasteiger partial charge on any atom is 0.346 e. The first-order chi connectivity index (χ1) is 14.1. The first-order valence-corrected chi connectivity index (χ1v) is 10.1. The molecule has 0 amide bonds. The van der Waals surface area contributed by atoms with Gasteiger partial charge in [-0.25, -0.2) is 14.2 Å². The second-order valence-corrected chi connectivity index (χ2v) is 8.47. The Morgan fingerprint density at radius 1 is 1.37 bits per heavy atom. The molecule has 0 saturated heterocycles. The van der Waals surface area contributed by atoms with Crippen LogP contribution in [0.15, 0.2) is 41.6 Å². The number of hydrogen-bond donors (Lipinski definition) is 4. The monoisotopic (exact) mass is 472 g/mol. The zero-order chi connectivity index (χ0) is 21.9. The number of nitrogens with one attached hydrogen (secondary N) is 2. The van der Waals surface area contributed by atoms with Gasteiger partial charge in [-0.15, -0.1) is 11.6 Å². The van der Waals surface area contributed by atoms with E-state index in [-0.39, 0.29) is 12.4 Å². The Labute approximate surface area is 185 Å². The van der Waals surface area contributed by atoms with Gasteiger partial charge < -0.3 is 10.8 Å². The van der Waals surface area contributed by atoms with Gasteiger partial charge in [0.25, 0.3) is 0 Å². The minimum Gasteiger partial charge on any atom is -0.386 e. The molecule has 8 nitrogen and oxygen atoms in total. The summed E-state index contributed by atoms with van der Waals surface area (Å²) in [4.78, 5) is 18.6. The fourth-order valence-corrected chi connectivity index (χ4v) is 3.53. The van der Waals surface area contributed by atoms with Crippen LogP contribution in [0.4, 0.5) is 10.2 Å². The van der Waals surface area contributed by atoms with E-state index in [9.17, 15) is 14.3 Å². The van der Waals surface area contributed by atoms with Gasteiger partial charge in [-0.05, 0) is 36.7 Å². The number of hydrogen-bond acceptors (Lipinski definition) is 6. The van der Waals surface area contributed by atoms with E-state index in [0.717, 1.165) is 24.6 Å². The van der Waals surface area contributed by atoms with Crippen LogP contribution < -0.4 is 11.4 Å². The highest BCUT2D eigenvalue weighted by Gasteiger charge is 2.58. The van der Waals surface area contributed by atoms with Crippen LogP contribution >= 0.6 is 35.4 Å². The Morgan fingerprint density at radius 3 is 2.60 bits per heavy atom. The molecule has 5 N–H and O–H groups in total. The average Bonchev–Trinajstić information content (AvgIpc) is 3.34. The van der Waals surface area contributed by atoms with Crippen molar-refractivity contribution in [1.82, 2.24) is 24.7 Å². The molecule has 2 heterocycles. The number of aromatic amines is 2. The van der Waals surface area contributed by atoms with Crippen LogP contribution in [0.3, 0.4) is 0 Å². The van der Waals surface area contributed by atoms with Crippen molar-refractivity contribution in [3.63, 3.8) is 0 Å². The number of aliphatic hydroxyl groups is 1. The van der Waals surface area contributed by atoms with Crippen LogP contribution in [0.5, 0.6) is 0 Å². The van der Waals surface area contributed by atoms with Gasteiger partial charge in [-0.1, -0.05) is 29.8 Å². The quantitative estimate of drug-likeness (QED) is 0.334. The molecule has 4 rings (SSSR count). The van der Waals surface area contributed by atoms with Crippen molar-refractivity contribution in [3.8, 4) is 0 Å². The predicted molar refractivity (Wildman–Crippen MR) is 115 cm³/mol. The summed E-state index contributed by atoms with van der Waals surface area (Å²) in [6.45, 7) is 0.264. The molecule has 30 heavy (non-hydrogen) atoms. The van der Waals surface area contributed by atoms with Gasteiger partial charge in [-0.3, -0.25) is 14.8 Å². The van der Waals surface area contributed by atoms with Crippen molar-refractivity contribution in [2.45, 2.75) is 36.3 Å². The second kappa shape index (κ2) is 8.84. The van der Waals surface area contributed by atoms with E-state index in [1.807, 2.05) is 29.2 Å². The molecule has 12 heteroatoms. The number of nitrogen functional groups attached to an aromatic ring is 1. The zero-order valence-corrected chi connectivity index (χ0v) is 17.9. The van der Waals surface area contributed by atoms with Crippen molar-refractivity contribution in [1.29, 1.82) is 0 Å². The number of alkyl halides is 1. The lowest BCUT2D eigenvalue weighted by molar-refractivity contribution is 0.00728. The number of rotatable bonds is 5. The summed E-state index contributed by atoms with van der Waals surface area (Å²) in [5.41, 5.74) is 4.05. The molecule has 1 unspecified atom stereocenters. The highest BCUT2D eigenvalue weighted by molar-refractivity contribution is 7.71. The Hall–Kier alpha value is -2.27. The van der Waals surface area contributed by atoms with E-state index in [1.54, 1.807) is 4.68 Å². The lowest BCUT2D eigenvalue weighted by atomic mass is 9.89. The fraction of sp³-hybridized carbons (Fsp3) is 0.333. The maximum atomic E-state index is 12.1. The number of benzene rings is 1. The van der Waals surface area contributed by atoms with E-state index < -0.39 is 22.0 Å². The van der Waals surface area contributed by atoms with E-state index in [2.05, 4.69) is 15.1 Å². The summed E-state index contributed by atoms with van der Waals surface area (Å²) in [5.74, 6) is -0.996. The first-order valence-electron chi connectivity index (χ1n) is 8.89. The summed E-state index contributed by atoms with van der Waals surface area (Å²) in [6, 6.07) is 7.48. The van der Waals surface area contributed by atoms with Gasteiger partial charge in [0, 0.05) is 11.4 Å². The topological polar surface area (TPSA) is 126 Å². The number of aromatic nitrogens is 5. The third-order valence-electron chi connectivity index (χ3n) is 4.80. The van der Waals surface area contributed by atoms with Gasteiger partial charge in [0.1, 0.15) is 17.7 Å². The van der Waals surface area contributed by atoms with Crippen molar-refractivity contribution < 1.29 is 9.50 Å². The molecule has 0 radical (unpaired) electrons. The Kier molecular flexibility index (Phi) is 6.61. The van der Waals surface area contributed by atoms with Gasteiger partial charge >= 0.3 is 5.69 Å². The van der Waals surface area contributed by atoms with Crippen LogP contribution in [0.25, 0.3) is 0 Å². The van der Waals surface area contributed by atoms with E-state index in [1.165, 1.54) is 6.33 Å². The lowest BCUT2D eigenvalue weighted by Gasteiger charge is -2.33. The first kappa shape index (κ1) is 22.4. The summed E-state index contributed by atoms with van der Waals surface area (Å²) < 4.78 is 14.2. The summed E-state index contributed by atoms with van der Waals surface area (Å²) in [5, 5.41) is 14.7. The minimum atomic E-state index is -1.13. The van der Waals surface area contributed by atoms with Crippen molar-refractivity contribution in [2.24, 2.45) is 0 Å². The summed E-state index contributed by atoms with van der Waals surface area (Å²) in [7, 11) is 0. The molecular weight excluding hydrogens is 454 g/mol. The van der Waals surface area contributed by atoms with Crippen LogP contribution in [0, 0.1) is 10.6 Å². The van der Waals surface area contributed by atoms with E-state index in [0.29, 0.717) is 16.2 Å². The summed E-state index contributed by atoms with van der Waals surface area (Å²) >= 11 is 17.9. The number of halogens is 3. The molecule has 2 aromatic heterocycles. The predicted octanol–water partition coefficient (Wildman–Crippen LogP) is 2.83. The molecule has 0 bridgehead atoms. The summed E-state index contributed by atoms with van der Waals surface area (Å²) in [6.07, 6.45) is 4.20. The molecule has 1 atom stereocenters. The molecular formula is C18H19Cl2FN6O2S. The minimum absolute atomic E-state index is 0.264. The zero-order valence-electron chi connectivity index (χ0n) is 15.6. The Bertz CT molecular complexity index is 1150. The normalized spacial score (nSPS) is 16.3. The highest BCUT2D eigenvalue weighted by Crippen LogP contribution is 2.53. The molecule has 1 aliphatic carbocycles. The maximum absolute atomic E-state index is 12.1. The molecule has 1 aliphatic rings. The molecule has 0 spiro atoms. The van der Waals surface area contributed by atoms with Crippen molar-refractivity contribution in [3.05, 3.63) is 68.4 Å². The van der Waals surface area contributed by atoms with Crippen LogP contribution in [0.1, 0.15) is 18.4 Å².